The lowest BCUT2D eigenvalue weighted by Crippen LogP contribution is -2.23. The van der Waals surface area contributed by atoms with Crippen LogP contribution in [-0.2, 0) is 30.2 Å². The Kier molecular flexibility index (Phi) is 12.1. The first-order chi connectivity index (χ1) is 18.9. The van der Waals surface area contributed by atoms with Crippen LogP contribution in [0.2, 0.25) is 0 Å². The first-order valence-electron chi connectivity index (χ1n) is 12.6. The van der Waals surface area contributed by atoms with Crippen LogP contribution in [0.15, 0.2) is 72.7 Å². The smallest absolute Gasteiger partial charge is 0.342 e. The Morgan fingerprint density at radius 1 is 1.08 bits per heavy atom. The molecule has 0 aliphatic carbocycles. The number of allylic oxidation sites excluding steroid dienone is 1. The third-order valence-corrected chi connectivity index (χ3v) is 7.17. The van der Waals surface area contributed by atoms with Crippen molar-refractivity contribution in [3.8, 4) is 11.5 Å². The number of ether oxygens (including phenoxy) is 6. The normalized spacial score (nSPS) is 17.5. The summed E-state index contributed by atoms with van der Waals surface area (Å²) in [7, 11) is 2.98. The van der Waals surface area contributed by atoms with Crippen molar-refractivity contribution in [3.05, 3.63) is 78.9 Å². The number of carbonyl (C=O) groups is 2. The zero-order valence-electron chi connectivity index (χ0n) is 22.6. The molecule has 0 N–H and O–H groups in total. The van der Waals surface area contributed by atoms with Crippen LogP contribution in [-0.4, -0.2) is 63.1 Å². The van der Waals surface area contributed by atoms with Gasteiger partial charge in [0.1, 0.15) is 29.3 Å². The lowest BCUT2D eigenvalue weighted by molar-refractivity contribution is -0.117. The van der Waals surface area contributed by atoms with Gasteiger partial charge in [-0.3, -0.25) is 4.79 Å². The van der Waals surface area contributed by atoms with E-state index in [1.54, 1.807) is 31.2 Å². The molecule has 3 rings (SSSR count). The van der Waals surface area contributed by atoms with E-state index in [0.717, 1.165) is 4.90 Å². The van der Waals surface area contributed by atoms with Crippen molar-refractivity contribution in [1.82, 2.24) is 0 Å². The zero-order chi connectivity index (χ0) is 28.2. The van der Waals surface area contributed by atoms with E-state index in [2.05, 4.69) is 13.2 Å². The lowest BCUT2D eigenvalue weighted by atomic mass is 9.98. The predicted molar refractivity (Wildman–Crippen MR) is 149 cm³/mol. The fourth-order valence-corrected chi connectivity index (χ4v) is 5.08. The Labute approximate surface area is 234 Å². The highest BCUT2D eigenvalue weighted by molar-refractivity contribution is 8.00. The Morgan fingerprint density at radius 2 is 1.79 bits per heavy atom. The third-order valence-electron chi connectivity index (χ3n) is 5.89. The monoisotopic (exact) mass is 556 g/mol. The van der Waals surface area contributed by atoms with Crippen LogP contribution in [0.25, 0.3) is 0 Å². The maximum Gasteiger partial charge on any atom is 0.342 e. The Balaban J connectivity index is 1.91. The van der Waals surface area contributed by atoms with Crippen molar-refractivity contribution in [2.45, 2.75) is 54.6 Å². The molecule has 0 spiro atoms. The second kappa shape index (κ2) is 15.5. The van der Waals surface area contributed by atoms with Gasteiger partial charge in [-0.2, -0.15) is 0 Å². The number of benzene rings is 2. The SMILES string of the molecule is C=CCC(Sc1ccccc1)C(=O)Cc1cc(OCOC)cc(OCOC)c1C(=O)O[C@H](C)C[C@@H]1O[C@@H]1C=C. The van der Waals surface area contributed by atoms with Gasteiger partial charge in [0, 0.05) is 38.0 Å². The summed E-state index contributed by atoms with van der Waals surface area (Å²) in [6, 6.07) is 12.9. The maximum atomic E-state index is 13.6. The minimum Gasteiger partial charge on any atom is -0.467 e. The average Bonchev–Trinajstić information content (AvgIpc) is 3.68. The zero-order valence-corrected chi connectivity index (χ0v) is 23.4. The molecule has 2 aromatic rings. The van der Waals surface area contributed by atoms with Crippen molar-refractivity contribution >= 4 is 23.5 Å². The van der Waals surface area contributed by atoms with Gasteiger partial charge in [0.25, 0.3) is 0 Å². The fourth-order valence-electron chi connectivity index (χ4n) is 3.99. The molecule has 0 radical (unpaired) electrons. The predicted octanol–water partition coefficient (Wildman–Crippen LogP) is 5.39. The number of hydrogen-bond donors (Lipinski definition) is 0. The standard InChI is InChI=1S/C30H36O8S/c1-6-11-28(39-23-12-9-8-10-13-23)24(31)16-21-15-22(35-18-33-4)17-27(36-19-34-5)29(21)30(32)37-20(3)14-26-25(7-2)38-26/h6-10,12-13,15,17,20,25-26,28H,1-2,11,14,16,18-19H2,3-5H3/t20-,25-,26+,28?/m1/s1. The van der Waals surface area contributed by atoms with Gasteiger partial charge in [-0.05, 0) is 37.1 Å². The summed E-state index contributed by atoms with van der Waals surface area (Å²) in [5.74, 6) is -0.117. The van der Waals surface area contributed by atoms with E-state index in [0.29, 0.717) is 24.2 Å². The fraction of sp³-hybridized carbons (Fsp3) is 0.400. The Bertz CT molecular complexity index is 1120. The van der Waals surface area contributed by atoms with E-state index in [-0.39, 0.29) is 49.3 Å². The van der Waals surface area contributed by atoms with Crippen LogP contribution in [0.1, 0.15) is 35.7 Å². The first-order valence-corrected chi connectivity index (χ1v) is 13.5. The van der Waals surface area contributed by atoms with Crippen molar-refractivity contribution in [1.29, 1.82) is 0 Å². The van der Waals surface area contributed by atoms with Gasteiger partial charge in [0.2, 0.25) is 0 Å². The van der Waals surface area contributed by atoms with Gasteiger partial charge in [-0.15, -0.1) is 24.9 Å². The molecular weight excluding hydrogens is 520 g/mol. The van der Waals surface area contributed by atoms with Gasteiger partial charge < -0.3 is 28.4 Å². The number of thioether (sulfide) groups is 1. The lowest BCUT2D eigenvalue weighted by Gasteiger charge is -2.20. The number of epoxide rings is 1. The van der Waals surface area contributed by atoms with Crippen LogP contribution in [0.3, 0.4) is 0 Å². The number of ketones is 1. The van der Waals surface area contributed by atoms with Gasteiger partial charge in [0.05, 0.1) is 11.4 Å². The number of Topliss-reactive ketones (excluding diaryl/α,β-unsaturated/α-hetero) is 1. The molecule has 8 nitrogen and oxygen atoms in total. The van der Waals surface area contributed by atoms with Crippen molar-refractivity contribution in [2.24, 2.45) is 0 Å². The summed E-state index contributed by atoms with van der Waals surface area (Å²) >= 11 is 1.46. The van der Waals surface area contributed by atoms with E-state index in [1.165, 1.54) is 26.0 Å². The summed E-state index contributed by atoms with van der Waals surface area (Å²) in [6.45, 7) is 9.21. The van der Waals surface area contributed by atoms with Gasteiger partial charge >= 0.3 is 5.97 Å². The largest absolute Gasteiger partial charge is 0.467 e. The second-order valence-corrected chi connectivity index (χ2v) is 10.2. The number of rotatable bonds is 18. The summed E-state index contributed by atoms with van der Waals surface area (Å²) in [6.07, 6.45) is 3.90. The molecule has 1 fully saturated rings. The molecule has 0 saturated carbocycles. The van der Waals surface area contributed by atoms with Crippen LogP contribution in [0, 0.1) is 0 Å². The molecule has 2 aromatic carbocycles. The highest BCUT2D eigenvalue weighted by Gasteiger charge is 2.38. The number of carbonyl (C=O) groups excluding carboxylic acids is 2. The van der Waals surface area contributed by atoms with Crippen molar-refractivity contribution < 1.29 is 38.0 Å². The minimum atomic E-state index is -0.610. The van der Waals surface area contributed by atoms with E-state index in [1.807, 2.05) is 30.3 Å². The summed E-state index contributed by atoms with van der Waals surface area (Å²) in [5, 5.41) is -0.401. The first kappa shape index (κ1) is 30.4. The van der Waals surface area contributed by atoms with E-state index in [9.17, 15) is 9.59 Å². The van der Waals surface area contributed by atoms with Crippen molar-refractivity contribution in [3.63, 3.8) is 0 Å². The number of esters is 1. The number of methoxy groups -OCH3 is 2. The molecule has 4 atom stereocenters. The molecule has 1 unspecified atom stereocenters. The average molecular weight is 557 g/mol. The quantitative estimate of drug-likeness (QED) is 0.0788. The molecule has 9 heteroatoms. The Hall–Kier alpha value is -3.11. The molecule has 1 heterocycles. The maximum absolute atomic E-state index is 13.6. The van der Waals surface area contributed by atoms with Gasteiger partial charge in [0.15, 0.2) is 19.4 Å². The summed E-state index contributed by atoms with van der Waals surface area (Å²) in [4.78, 5) is 28.1. The van der Waals surface area contributed by atoms with Gasteiger partial charge in [-0.25, -0.2) is 4.79 Å². The highest BCUT2D eigenvalue weighted by Crippen LogP contribution is 2.34. The van der Waals surface area contributed by atoms with Crippen LogP contribution >= 0.6 is 11.8 Å². The molecule has 210 valence electrons. The third kappa shape index (κ3) is 9.25. The number of hydrogen-bond acceptors (Lipinski definition) is 9. The van der Waals surface area contributed by atoms with E-state index in [4.69, 9.17) is 28.4 Å². The summed E-state index contributed by atoms with van der Waals surface area (Å²) < 4.78 is 32.8. The van der Waals surface area contributed by atoms with Crippen LogP contribution in [0.5, 0.6) is 11.5 Å². The topological polar surface area (TPSA) is 92.8 Å². The van der Waals surface area contributed by atoms with Crippen LogP contribution < -0.4 is 9.47 Å². The minimum absolute atomic E-state index is 0.0211. The van der Waals surface area contributed by atoms with Crippen molar-refractivity contribution in [2.75, 3.05) is 27.8 Å². The molecule has 39 heavy (non-hydrogen) atoms. The highest BCUT2D eigenvalue weighted by atomic mass is 32.2. The molecule has 1 saturated heterocycles. The van der Waals surface area contributed by atoms with Crippen LogP contribution in [0.4, 0.5) is 0 Å². The van der Waals surface area contributed by atoms with E-state index >= 15 is 0 Å². The summed E-state index contributed by atoms with van der Waals surface area (Å²) in [5.41, 5.74) is 0.572. The van der Waals surface area contributed by atoms with E-state index < -0.39 is 17.3 Å². The molecule has 0 bridgehead atoms. The molecule has 0 aromatic heterocycles. The van der Waals surface area contributed by atoms with Gasteiger partial charge in [-0.1, -0.05) is 30.4 Å². The molecule has 1 aliphatic rings. The Morgan fingerprint density at radius 3 is 2.44 bits per heavy atom. The molecular formula is C30H36O8S. The molecule has 0 amide bonds. The molecule has 1 aliphatic heterocycles. The second-order valence-electron chi connectivity index (χ2n) is 8.97.